The number of nitrogen functional groups attached to an aromatic ring is 2. The van der Waals surface area contributed by atoms with Crippen molar-refractivity contribution in [3.05, 3.63) is 71.5 Å². The van der Waals surface area contributed by atoms with Crippen LogP contribution in [0.2, 0.25) is 5.02 Å². The molecule has 0 aliphatic rings. The Balaban J connectivity index is 1.03. The average Bonchev–Trinajstić information content (AvgIpc) is 3.32. The van der Waals surface area contributed by atoms with Crippen LogP contribution in [0.3, 0.4) is 0 Å². The number of nitrogens with zero attached hydrogens (tertiary/aromatic N) is 5. The van der Waals surface area contributed by atoms with Gasteiger partial charge in [-0.3, -0.25) is 0 Å². The van der Waals surface area contributed by atoms with Crippen LogP contribution in [-0.2, 0) is 17.9 Å². The van der Waals surface area contributed by atoms with Crippen molar-refractivity contribution in [2.45, 2.75) is 13.2 Å². The van der Waals surface area contributed by atoms with Crippen molar-refractivity contribution < 1.29 is 14.2 Å². The van der Waals surface area contributed by atoms with Gasteiger partial charge < -0.3 is 25.7 Å². The first-order valence-corrected chi connectivity index (χ1v) is 11.7. The largest absolute Gasteiger partial charge is 0.491 e. The minimum atomic E-state index is 0.272. The third-order valence-electron chi connectivity index (χ3n) is 5.37. The molecule has 0 spiro atoms. The minimum Gasteiger partial charge on any atom is -0.491 e. The molecule has 0 saturated carbocycles. The highest BCUT2D eigenvalue weighted by Crippen LogP contribution is 2.28. The Morgan fingerprint density at radius 1 is 0.806 bits per heavy atom. The van der Waals surface area contributed by atoms with Crippen LogP contribution < -0.4 is 20.9 Å². The van der Waals surface area contributed by atoms with E-state index in [2.05, 4.69) is 20.3 Å². The zero-order chi connectivity index (χ0) is 24.9. The van der Waals surface area contributed by atoms with Crippen LogP contribution in [0.15, 0.2) is 60.8 Å². The van der Waals surface area contributed by atoms with E-state index in [1.54, 1.807) is 16.8 Å². The maximum absolute atomic E-state index is 6.26. The van der Waals surface area contributed by atoms with E-state index in [1.807, 2.05) is 48.7 Å². The third-order valence-corrected chi connectivity index (χ3v) is 5.68. The molecule has 3 aromatic heterocycles. The van der Waals surface area contributed by atoms with Gasteiger partial charge in [-0.25, -0.2) is 14.6 Å². The van der Waals surface area contributed by atoms with E-state index in [-0.39, 0.29) is 6.61 Å². The standard InChI is InChI=1S/C25H24ClN7O3/c26-21-13-25(28)30-23-5-3-19(12-20(21)23)36-15-17-14-33(32-31-17)7-8-34-9-10-35-18-2-4-22-16(11-18)1-6-24(27)29-22/h1-6,11-14H,7-10,15H2,(H2,27,29)(H2,28,30). The molecule has 0 unspecified atom stereocenters. The number of ether oxygens (including phenoxy) is 3. The van der Waals surface area contributed by atoms with Gasteiger partial charge in [0.05, 0.1) is 42.0 Å². The predicted molar refractivity (Wildman–Crippen MR) is 138 cm³/mol. The topological polar surface area (TPSA) is 136 Å². The summed E-state index contributed by atoms with van der Waals surface area (Å²) < 4.78 is 19.0. The summed E-state index contributed by atoms with van der Waals surface area (Å²) in [6.45, 7) is 2.20. The molecule has 2 aromatic carbocycles. The highest BCUT2D eigenvalue weighted by Gasteiger charge is 2.07. The maximum atomic E-state index is 6.26. The van der Waals surface area contributed by atoms with Crippen LogP contribution in [0.25, 0.3) is 21.8 Å². The van der Waals surface area contributed by atoms with Crippen LogP contribution in [0.4, 0.5) is 11.6 Å². The second-order valence-corrected chi connectivity index (χ2v) is 8.43. The Labute approximate surface area is 211 Å². The van der Waals surface area contributed by atoms with Gasteiger partial charge in [0.25, 0.3) is 0 Å². The van der Waals surface area contributed by atoms with Gasteiger partial charge in [-0.2, -0.15) is 0 Å². The van der Waals surface area contributed by atoms with Gasteiger partial charge in [-0.05, 0) is 54.6 Å². The molecule has 3 heterocycles. The number of pyridine rings is 2. The molecule has 4 N–H and O–H groups in total. The van der Waals surface area contributed by atoms with Gasteiger partial charge in [0.1, 0.15) is 42.0 Å². The summed E-state index contributed by atoms with van der Waals surface area (Å²) in [6, 6.07) is 16.5. The lowest BCUT2D eigenvalue weighted by Crippen LogP contribution is -2.11. The molecule has 0 bridgehead atoms. The Bertz CT molecular complexity index is 1510. The van der Waals surface area contributed by atoms with E-state index in [4.69, 9.17) is 37.3 Å². The van der Waals surface area contributed by atoms with Crippen LogP contribution in [0.5, 0.6) is 11.5 Å². The summed E-state index contributed by atoms with van der Waals surface area (Å²) >= 11 is 6.26. The number of benzene rings is 2. The number of anilines is 2. The van der Waals surface area contributed by atoms with Crippen LogP contribution in [0.1, 0.15) is 5.69 Å². The molecule has 0 aliphatic carbocycles. The van der Waals surface area contributed by atoms with E-state index < -0.39 is 0 Å². The van der Waals surface area contributed by atoms with Gasteiger partial charge in [0.2, 0.25) is 0 Å². The van der Waals surface area contributed by atoms with E-state index in [9.17, 15) is 0 Å². The summed E-state index contributed by atoms with van der Waals surface area (Å²) in [6.07, 6.45) is 1.83. The summed E-state index contributed by atoms with van der Waals surface area (Å²) in [4.78, 5) is 8.54. The molecular formula is C25H24ClN7O3. The lowest BCUT2D eigenvalue weighted by Gasteiger charge is -2.08. The van der Waals surface area contributed by atoms with Crippen LogP contribution >= 0.6 is 11.6 Å². The summed E-state index contributed by atoms with van der Waals surface area (Å²) in [7, 11) is 0. The Morgan fingerprint density at radius 3 is 2.50 bits per heavy atom. The lowest BCUT2D eigenvalue weighted by atomic mass is 10.2. The molecule has 5 aromatic rings. The maximum Gasteiger partial charge on any atom is 0.134 e. The molecule has 0 aliphatic heterocycles. The zero-order valence-corrected chi connectivity index (χ0v) is 20.1. The Kier molecular flexibility index (Phi) is 6.96. The van der Waals surface area contributed by atoms with Crippen molar-refractivity contribution >= 4 is 45.0 Å². The number of hydrogen-bond acceptors (Lipinski definition) is 9. The zero-order valence-electron chi connectivity index (χ0n) is 19.3. The fourth-order valence-electron chi connectivity index (χ4n) is 3.63. The van der Waals surface area contributed by atoms with Gasteiger partial charge in [-0.15, -0.1) is 5.10 Å². The molecule has 0 saturated heterocycles. The fourth-order valence-corrected chi connectivity index (χ4v) is 3.89. The van der Waals surface area contributed by atoms with Crippen molar-refractivity contribution in [3.63, 3.8) is 0 Å². The van der Waals surface area contributed by atoms with Crippen LogP contribution in [-0.4, -0.2) is 44.8 Å². The molecule has 11 heteroatoms. The second-order valence-electron chi connectivity index (χ2n) is 8.02. The first-order chi connectivity index (χ1) is 17.5. The number of fused-ring (bicyclic) bond motifs is 2. The van der Waals surface area contributed by atoms with Gasteiger partial charge in [-0.1, -0.05) is 16.8 Å². The van der Waals surface area contributed by atoms with Crippen molar-refractivity contribution in [2.75, 3.05) is 31.3 Å². The SMILES string of the molecule is Nc1ccc2cc(OCCOCCn3cc(COc4ccc5nc(N)cc(Cl)c5c4)nn3)ccc2n1. The average molecular weight is 506 g/mol. The number of nitrogens with two attached hydrogens (primary N) is 2. The predicted octanol–water partition coefficient (Wildman–Crippen LogP) is 3.87. The molecule has 5 rings (SSSR count). The normalized spacial score (nSPS) is 11.2. The third kappa shape index (κ3) is 5.73. The van der Waals surface area contributed by atoms with Crippen molar-refractivity contribution in [1.82, 2.24) is 25.0 Å². The highest BCUT2D eigenvalue weighted by atomic mass is 35.5. The molecular weight excluding hydrogens is 482 g/mol. The Hall–Kier alpha value is -4.15. The second kappa shape index (κ2) is 10.6. The molecule has 10 nitrogen and oxygen atoms in total. The first kappa shape index (κ1) is 23.6. The molecule has 0 amide bonds. The van der Waals surface area contributed by atoms with Gasteiger partial charge >= 0.3 is 0 Å². The summed E-state index contributed by atoms with van der Waals surface area (Å²) in [5.74, 6) is 2.28. The highest BCUT2D eigenvalue weighted by molar-refractivity contribution is 6.35. The number of aromatic nitrogens is 5. The van der Waals surface area contributed by atoms with Crippen molar-refractivity contribution in [1.29, 1.82) is 0 Å². The molecule has 0 radical (unpaired) electrons. The van der Waals surface area contributed by atoms with E-state index in [0.29, 0.717) is 60.0 Å². The number of hydrogen-bond donors (Lipinski definition) is 2. The Morgan fingerprint density at radius 2 is 1.61 bits per heavy atom. The summed E-state index contributed by atoms with van der Waals surface area (Å²) in [5.41, 5.74) is 13.7. The minimum absolute atomic E-state index is 0.272. The van der Waals surface area contributed by atoms with E-state index in [1.165, 1.54) is 0 Å². The smallest absolute Gasteiger partial charge is 0.134 e. The summed E-state index contributed by atoms with van der Waals surface area (Å²) in [5, 5.41) is 10.5. The first-order valence-electron chi connectivity index (χ1n) is 11.3. The van der Waals surface area contributed by atoms with E-state index >= 15 is 0 Å². The molecule has 36 heavy (non-hydrogen) atoms. The van der Waals surface area contributed by atoms with Crippen LogP contribution in [0, 0.1) is 0 Å². The molecule has 0 fully saturated rings. The lowest BCUT2D eigenvalue weighted by molar-refractivity contribution is 0.0924. The molecule has 184 valence electrons. The monoisotopic (exact) mass is 505 g/mol. The quantitative estimate of drug-likeness (QED) is 0.271. The van der Waals surface area contributed by atoms with Gasteiger partial charge in [0, 0.05) is 10.8 Å². The van der Waals surface area contributed by atoms with Crippen molar-refractivity contribution in [3.8, 4) is 11.5 Å². The number of rotatable bonds is 10. The molecule has 0 atom stereocenters. The van der Waals surface area contributed by atoms with Crippen molar-refractivity contribution in [2.24, 2.45) is 0 Å². The fraction of sp³-hybridized carbons (Fsp3) is 0.200. The number of halogens is 1. The van der Waals surface area contributed by atoms with Gasteiger partial charge in [0.15, 0.2) is 0 Å². The van der Waals surface area contributed by atoms with E-state index in [0.717, 1.165) is 22.0 Å².